The Bertz CT molecular complexity index is 535. The predicted molar refractivity (Wildman–Crippen MR) is 77.0 cm³/mol. The van der Waals surface area contributed by atoms with Gasteiger partial charge in [-0.25, -0.2) is 4.98 Å². The lowest BCUT2D eigenvalue weighted by Gasteiger charge is -2.32. The molecule has 0 spiro atoms. The molecule has 0 bridgehead atoms. The first-order valence-corrected chi connectivity index (χ1v) is 6.83. The fraction of sp³-hybridized carbons (Fsp3) is 0.462. The smallest absolute Gasteiger partial charge is 0.256 e. The van der Waals surface area contributed by atoms with E-state index in [4.69, 9.17) is 11.6 Å². The van der Waals surface area contributed by atoms with E-state index in [-0.39, 0.29) is 18.4 Å². The zero-order valence-corrected chi connectivity index (χ0v) is 12.3. The summed E-state index contributed by atoms with van der Waals surface area (Å²) in [5, 5.41) is 3.41. The second-order valence-electron chi connectivity index (χ2n) is 4.63. The molecule has 1 aromatic heterocycles. The average molecular weight is 297 g/mol. The number of halogens is 1. The highest BCUT2D eigenvalue weighted by Crippen LogP contribution is 2.21. The molecule has 0 aromatic carbocycles. The van der Waals surface area contributed by atoms with Crippen LogP contribution in [-0.4, -0.2) is 59.8 Å². The molecule has 1 aromatic rings. The first-order valence-electron chi connectivity index (χ1n) is 6.45. The van der Waals surface area contributed by atoms with Crippen LogP contribution in [0.5, 0.6) is 0 Å². The SMILES string of the molecule is CCNc1ncc(C(=O)N2CCN(C)C(=O)C2)cc1Cl. The molecule has 1 aliphatic rings. The number of anilines is 1. The Morgan fingerprint density at radius 2 is 2.25 bits per heavy atom. The highest BCUT2D eigenvalue weighted by molar-refractivity contribution is 6.33. The van der Waals surface area contributed by atoms with Crippen LogP contribution < -0.4 is 5.32 Å². The van der Waals surface area contributed by atoms with Crippen LogP contribution in [0, 0.1) is 0 Å². The van der Waals surface area contributed by atoms with Gasteiger partial charge in [0.2, 0.25) is 5.91 Å². The van der Waals surface area contributed by atoms with E-state index < -0.39 is 0 Å². The summed E-state index contributed by atoms with van der Waals surface area (Å²) >= 11 is 6.07. The molecule has 0 radical (unpaired) electrons. The predicted octanol–water partition coefficient (Wildman–Crippen LogP) is 1.08. The summed E-state index contributed by atoms with van der Waals surface area (Å²) in [5.74, 6) is 0.275. The van der Waals surface area contributed by atoms with Gasteiger partial charge in [-0.15, -0.1) is 0 Å². The van der Waals surface area contributed by atoms with E-state index >= 15 is 0 Å². The lowest BCUT2D eigenvalue weighted by Crippen LogP contribution is -2.50. The van der Waals surface area contributed by atoms with E-state index in [1.807, 2.05) is 6.92 Å². The molecule has 2 rings (SSSR count). The number of likely N-dealkylation sites (N-methyl/N-ethyl adjacent to an activating group) is 1. The third-order valence-corrected chi connectivity index (χ3v) is 3.46. The van der Waals surface area contributed by atoms with Gasteiger partial charge in [-0.3, -0.25) is 9.59 Å². The van der Waals surface area contributed by atoms with E-state index in [1.54, 1.807) is 18.0 Å². The molecule has 1 fully saturated rings. The van der Waals surface area contributed by atoms with Crippen molar-refractivity contribution in [2.75, 3.05) is 38.5 Å². The van der Waals surface area contributed by atoms with Gasteiger partial charge >= 0.3 is 0 Å². The monoisotopic (exact) mass is 296 g/mol. The topological polar surface area (TPSA) is 65.5 Å². The van der Waals surface area contributed by atoms with E-state index in [1.165, 1.54) is 11.1 Å². The number of nitrogens with zero attached hydrogens (tertiary/aromatic N) is 3. The summed E-state index contributed by atoms with van der Waals surface area (Å²) in [7, 11) is 1.73. The number of amides is 2. The van der Waals surface area contributed by atoms with Crippen molar-refractivity contribution in [2.24, 2.45) is 0 Å². The molecule has 1 aliphatic heterocycles. The van der Waals surface area contributed by atoms with E-state index in [0.29, 0.717) is 36.0 Å². The quantitative estimate of drug-likeness (QED) is 0.906. The summed E-state index contributed by atoms with van der Waals surface area (Å²) in [6.07, 6.45) is 1.48. The van der Waals surface area contributed by atoms with Crippen LogP contribution in [0.15, 0.2) is 12.3 Å². The van der Waals surface area contributed by atoms with Gasteiger partial charge in [0.25, 0.3) is 5.91 Å². The Labute approximate surface area is 122 Å². The normalized spacial score (nSPS) is 15.4. The van der Waals surface area contributed by atoms with Crippen molar-refractivity contribution in [3.05, 3.63) is 22.8 Å². The van der Waals surface area contributed by atoms with Crippen LogP contribution in [-0.2, 0) is 4.79 Å². The van der Waals surface area contributed by atoms with Crippen molar-refractivity contribution in [3.8, 4) is 0 Å². The minimum Gasteiger partial charge on any atom is -0.369 e. The summed E-state index contributed by atoms with van der Waals surface area (Å²) in [6, 6.07) is 1.58. The number of piperazine rings is 1. The van der Waals surface area contributed by atoms with Crippen LogP contribution in [0.1, 0.15) is 17.3 Å². The van der Waals surface area contributed by atoms with Crippen molar-refractivity contribution >= 4 is 29.2 Å². The molecule has 7 heteroatoms. The minimum atomic E-state index is -0.219. The van der Waals surface area contributed by atoms with E-state index in [2.05, 4.69) is 10.3 Å². The number of rotatable bonds is 3. The highest BCUT2D eigenvalue weighted by atomic mass is 35.5. The number of carbonyl (C=O) groups is 2. The maximum atomic E-state index is 12.3. The van der Waals surface area contributed by atoms with Gasteiger partial charge in [-0.1, -0.05) is 11.6 Å². The highest BCUT2D eigenvalue weighted by Gasteiger charge is 2.26. The molecule has 1 saturated heterocycles. The summed E-state index contributed by atoms with van der Waals surface area (Å²) in [6.45, 7) is 3.80. The van der Waals surface area contributed by atoms with Crippen LogP contribution >= 0.6 is 11.6 Å². The van der Waals surface area contributed by atoms with Gasteiger partial charge in [-0.2, -0.15) is 0 Å². The molecular formula is C13H17ClN4O2. The second-order valence-corrected chi connectivity index (χ2v) is 5.03. The number of nitrogens with one attached hydrogen (secondary N) is 1. The standard InChI is InChI=1S/C13H17ClN4O2/c1-3-15-12-10(14)6-9(7-16-12)13(20)18-5-4-17(2)11(19)8-18/h6-7H,3-5,8H2,1-2H3,(H,15,16). The molecule has 0 aliphatic carbocycles. The number of pyridine rings is 1. The summed E-state index contributed by atoms with van der Waals surface area (Å²) < 4.78 is 0. The van der Waals surface area contributed by atoms with Crippen molar-refractivity contribution in [1.29, 1.82) is 0 Å². The van der Waals surface area contributed by atoms with Crippen LogP contribution in [0.3, 0.4) is 0 Å². The molecule has 2 heterocycles. The van der Waals surface area contributed by atoms with Gasteiger partial charge in [-0.05, 0) is 13.0 Å². The largest absolute Gasteiger partial charge is 0.369 e. The Morgan fingerprint density at radius 3 is 2.85 bits per heavy atom. The first kappa shape index (κ1) is 14.6. The van der Waals surface area contributed by atoms with Crippen molar-refractivity contribution in [1.82, 2.24) is 14.8 Å². The van der Waals surface area contributed by atoms with E-state index in [9.17, 15) is 9.59 Å². The second kappa shape index (κ2) is 6.09. The van der Waals surface area contributed by atoms with Crippen molar-refractivity contribution in [3.63, 3.8) is 0 Å². The van der Waals surface area contributed by atoms with E-state index in [0.717, 1.165) is 0 Å². The Morgan fingerprint density at radius 1 is 1.50 bits per heavy atom. The molecule has 0 saturated carbocycles. The fourth-order valence-electron chi connectivity index (χ4n) is 1.97. The molecule has 6 nitrogen and oxygen atoms in total. The maximum Gasteiger partial charge on any atom is 0.256 e. The number of hydrogen-bond acceptors (Lipinski definition) is 4. The molecule has 1 N–H and O–H groups in total. The van der Waals surface area contributed by atoms with Gasteiger partial charge < -0.3 is 15.1 Å². The Hall–Kier alpha value is -1.82. The third-order valence-electron chi connectivity index (χ3n) is 3.18. The molecule has 0 atom stereocenters. The van der Waals surface area contributed by atoms with Crippen molar-refractivity contribution < 1.29 is 9.59 Å². The number of aromatic nitrogens is 1. The summed E-state index contributed by atoms with van der Waals surface area (Å²) in [5.41, 5.74) is 0.397. The number of hydrogen-bond donors (Lipinski definition) is 1. The fourth-order valence-corrected chi connectivity index (χ4v) is 2.20. The summed E-state index contributed by atoms with van der Waals surface area (Å²) in [4.78, 5) is 31.2. The van der Waals surface area contributed by atoms with Gasteiger partial charge in [0.15, 0.2) is 0 Å². The lowest BCUT2D eigenvalue weighted by atomic mass is 10.2. The number of carbonyl (C=O) groups excluding carboxylic acids is 2. The molecule has 20 heavy (non-hydrogen) atoms. The molecule has 108 valence electrons. The zero-order valence-electron chi connectivity index (χ0n) is 11.5. The lowest BCUT2D eigenvalue weighted by molar-refractivity contribution is -0.133. The Balaban J connectivity index is 2.13. The van der Waals surface area contributed by atoms with Crippen LogP contribution in [0.25, 0.3) is 0 Å². The van der Waals surface area contributed by atoms with Crippen molar-refractivity contribution in [2.45, 2.75) is 6.92 Å². The zero-order chi connectivity index (χ0) is 14.7. The average Bonchev–Trinajstić information content (AvgIpc) is 2.43. The molecule has 2 amide bonds. The van der Waals surface area contributed by atoms with Crippen LogP contribution in [0.2, 0.25) is 5.02 Å². The minimum absolute atomic E-state index is 0.0621. The maximum absolute atomic E-state index is 12.3. The first-order chi connectivity index (χ1) is 9.52. The Kier molecular flexibility index (Phi) is 4.44. The molecule has 0 unspecified atom stereocenters. The van der Waals surface area contributed by atoms with Gasteiger partial charge in [0.05, 0.1) is 10.6 Å². The molecular weight excluding hydrogens is 280 g/mol. The van der Waals surface area contributed by atoms with Gasteiger partial charge in [0, 0.05) is 32.9 Å². The van der Waals surface area contributed by atoms with Crippen LogP contribution in [0.4, 0.5) is 5.82 Å². The van der Waals surface area contributed by atoms with Gasteiger partial charge in [0.1, 0.15) is 12.4 Å². The third kappa shape index (κ3) is 3.01.